The number of hydrogen-bond donors (Lipinski definition) is 3. The molecule has 0 spiro atoms. The first-order valence-electron chi connectivity index (χ1n) is 7.15. The van der Waals surface area contributed by atoms with Crippen molar-refractivity contribution >= 4 is 29.1 Å². The van der Waals surface area contributed by atoms with Crippen molar-refractivity contribution < 1.29 is 4.79 Å². The molecule has 2 aromatic rings. The molecule has 0 aliphatic heterocycles. The van der Waals surface area contributed by atoms with E-state index in [1.54, 1.807) is 24.3 Å². The van der Waals surface area contributed by atoms with Crippen LogP contribution in [0.5, 0.6) is 0 Å². The van der Waals surface area contributed by atoms with Crippen LogP contribution in [0.25, 0.3) is 10.8 Å². The summed E-state index contributed by atoms with van der Waals surface area (Å²) in [6.07, 6.45) is 2.88. The SMILES string of the molecule is CCCCC(CN)NC(=O)c1n[nH]c(=O)c2ccccc12.Cl. The van der Waals surface area contributed by atoms with Crippen molar-refractivity contribution in [3.8, 4) is 0 Å². The van der Waals surface area contributed by atoms with Crippen LogP contribution in [0.3, 0.4) is 0 Å². The molecule has 6 nitrogen and oxygen atoms in total. The Hall–Kier alpha value is -1.92. The number of carbonyl (C=O) groups excluding carboxylic acids is 1. The molecule has 22 heavy (non-hydrogen) atoms. The molecule has 0 saturated carbocycles. The number of H-pyrrole nitrogens is 1. The molecule has 1 heterocycles. The molecule has 4 N–H and O–H groups in total. The Bertz CT molecular complexity index is 687. The number of halogens is 1. The van der Waals surface area contributed by atoms with Gasteiger partial charge in [-0.15, -0.1) is 12.4 Å². The first kappa shape index (κ1) is 18.1. The van der Waals surface area contributed by atoms with Gasteiger partial charge in [-0.2, -0.15) is 5.10 Å². The number of amides is 1. The predicted molar refractivity (Wildman–Crippen MR) is 89.4 cm³/mol. The van der Waals surface area contributed by atoms with Gasteiger partial charge < -0.3 is 11.1 Å². The van der Waals surface area contributed by atoms with Gasteiger partial charge in [0.05, 0.1) is 5.39 Å². The van der Waals surface area contributed by atoms with Crippen molar-refractivity contribution in [3.63, 3.8) is 0 Å². The molecule has 1 aromatic carbocycles. The Balaban J connectivity index is 0.00000242. The fourth-order valence-electron chi connectivity index (χ4n) is 2.24. The number of unbranched alkanes of at least 4 members (excludes halogenated alkanes) is 1. The van der Waals surface area contributed by atoms with Crippen LogP contribution in [0.1, 0.15) is 36.7 Å². The van der Waals surface area contributed by atoms with Crippen molar-refractivity contribution in [3.05, 3.63) is 40.3 Å². The van der Waals surface area contributed by atoms with E-state index in [-0.39, 0.29) is 35.6 Å². The maximum atomic E-state index is 12.4. The number of aromatic amines is 1. The molecule has 0 fully saturated rings. The van der Waals surface area contributed by atoms with Crippen LogP contribution in [0, 0.1) is 0 Å². The van der Waals surface area contributed by atoms with Gasteiger partial charge in [-0.3, -0.25) is 9.59 Å². The molecule has 1 amide bonds. The summed E-state index contributed by atoms with van der Waals surface area (Å²) < 4.78 is 0. The highest BCUT2D eigenvalue weighted by Crippen LogP contribution is 2.12. The normalized spacial score (nSPS) is 11.7. The minimum atomic E-state index is -0.311. The molecule has 1 unspecified atom stereocenters. The van der Waals surface area contributed by atoms with E-state index in [2.05, 4.69) is 22.4 Å². The maximum Gasteiger partial charge on any atom is 0.272 e. The van der Waals surface area contributed by atoms with E-state index < -0.39 is 0 Å². The molecule has 7 heteroatoms. The third kappa shape index (κ3) is 4.05. The molecule has 1 aromatic heterocycles. The Kier molecular flexibility index (Phi) is 7.01. The second kappa shape index (κ2) is 8.51. The first-order chi connectivity index (χ1) is 10.2. The minimum absolute atomic E-state index is 0. The van der Waals surface area contributed by atoms with E-state index in [1.807, 2.05) is 0 Å². The Morgan fingerprint density at radius 3 is 2.68 bits per heavy atom. The van der Waals surface area contributed by atoms with E-state index in [0.717, 1.165) is 19.3 Å². The van der Waals surface area contributed by atoms with Gasteiger partial charge in [-0.05, 0) is 12.5 Å². The number of hydrogen-bond acceptors (Lipinski definition) is 4. The standard InChI is InChI=1S/C15H20N4O2.ClH/c1-2-3-6-10(9-16)17-15(21)13-11-7-4-5-8-12(11)14(20)19-18-13;/h4-5,7-8,10H,2-3,6,9,16H2,1H3,(H,17,21)(H,19,20);1H. The highest BCUT2D eigenvalue weighted by molar-refractivity contribution is 6.04. The number of nitrogens with one attached hydrogen (secondary N) is 2. The van der Waals surface area contributed by atoms with E-state index in [1.165, 1.54) is 0 Å². The van der Waals surface area contributed by atoms with Gasteiger partial charge in [-0.25, -0.2) is 5.10 Å². The van der Waals surface area contributed by atoms with Crippen molar-refractivity contribution in [2.75, 3.05) is 6.54 Å². The van der Waals surface area contributed by atoms with Gasteiger partial charge >= 0.3 is 0 Å². The van der Waals surface area contributed by atoms with Gasteiger partial charge in [0.1, 0.15) is 0 Å². The average Bonchev–Trinajstić information content (AvgIpc) is 2.51. The second-order valence-corrected chi connectivity index (χ2v) is 5.00. The lowest BCUT2D eigenvalue weighted by Gasteiger charge is -2.16. The number of fused-ring (bicyclic) bond motifs is 1. The van der Waals surface area contributed by atoms with Crippen LogP contribution >= 0.6 is 12.4 Å². The zero-order valence-corrected chi connectivity index (χ0v) is 13.3. The van der Waals surface area contributed by atoms with Gasteiger partial charge in [-0.1, -0.05) is 38.0 Å². The van der Waals surface area contributed by atoms with Gasteiger partial charge in [0, 0.05) is 18.0 Å². The summed E-state index contributed by atoms with van der Waals surface area (Å²) in [5.41, 5.74) is 5.60. The number of benzene rings is 1. The first-order valence-corrected chi connectivity index (χ1v) is 7.15. The summed E-state index contributed by atoms with van der Waals surface area (Å²) in [7, 11) is 0. The number of rotatable bonds is 6. The highest BCUT2D eigenvalue weighted by atomic mass is 35.5. The molecular formula is C15H21ClN4O2. The van der Waals surface area contributed by atoms with Crippen LogP contribution in [0.4, 0.5) is 0 Å². The van der Waals surface area contributed by atoms with E-state index in [0.29, 0.717) is 17.3 Å². The monoisotopic (exact) mass is 324 g/mol. The fourth-order valence-corrected chi connectivity index (χ4v) is 2.24. The summed E-state index contributed by atoms with van der Waals surface area (Å²) in [5.74, 6) is -0.311. The van der Waals surface area contributed by atoms with Crippen LogP contribution in [0.2, 0.25) is 0 Å². The molecule has 0 radical (unpaired) electrons. The molecular weight excluding hydrogens is 304 g/mol. The molecule has 2 rings (SSSR count). The van der Waals surface area contributed by atoms with Gasteiger partial charge in [0.2, 0.25) is 0 Å². The number of nitrogens with zero attached hydrogens (tertiary/aromatic N) is 1. The third-order valence-corrected chi connectivity index (χ3v) is 3.44. The topological polar surface area (TPSA) is 101 Å². The minimum Gasteiger partial charge on any atom is -0.347 e. The van der Waals surface area contributed by atoms with Crippen molar-refractivity contribution in [2.45, 2.75) is 32.2 Å². The third-order valence-electron chi connectivity index (χ3n) is 3.44. The zero-order chi connectivity index (χ0) is 15.2. The van der Waals surface area contributed by atoms with Crippen LogP contribution < -0.4 is 16.6 Å². The molecule has 0 bridgehead atoms. The molecule has 0 aliphatic carbocycles. The lowest BCUT2D eigenvalue weighted by Crippen LogP contribution is -2.40. The Morgan fingerprint density at radius 2 is 2.05 bits per heavy atom. The number of carbonyl (C=O) groups is 1. The quantitative estimate of drug-likeness (QED) is 0.751. The summed E-state index contributed by atoms with van der Waals surface area (Å²) in [6, 6.07) is 6.84. The predicted octanol–water partition coefficient (Wildman–Crippen LogP) is 1.59. The molecule has 1 atom stereocenters. The number of nitrogens with two attached hydrogens (primary N) is 1. The van der Waals surface area contributed by atoms with E-state index in [4.69, 9.17) is 5.73 Å². The summed E-state index contributed by atoms with van der Waals surface area (Å²) in [4.78, 5) is 24.1. The second-order valence-electron chi connectivity index (χ2n) is 5.00. The van der Waals surface area contributed by atoms with E-state index in [9.17, 15) is 9.59 Å². The summed E-state index contributed by atoms with van der Waals surface area (Å²) in [6.45, 7) is 2.47. The fraction of sp³-hybridized carbons (Fsp3) is 0.400. The van der Waals surface area contributed by atoms with Crippen LogP contribution in [-0.2, 0) is 0 Å². The lowest BCUT2D eigenvalue weighted by molar-refractivity contribution is 0.0931. The Morgan fingerprint density at radius 1 is 1.36 bits per heavy atom. The largest absolute Gasteiger partial charge is 0.347 e. The number of aromatic nitrogens is 2. The van der Waals surface area contributed by atoms with Crippen molar-refractivity contribution in [2.24, 2.45) is 5.73 Å². The van der Waals surface area contributed by atoms with Crippen LogP contribution in [0.15, 0.2) is 29.1 Å². The lowest BCUT2D eigenvalue weighted by atomic mass is 10.1. The molecule has 0 saturated heterocycles. The van der Waals surface area contributed by atoms with Gasteiger partial charge in [0.15, 0.2) is 5.69 Å². The summed E-state index contributed by atoms with van der Waals surface area (Å²) in [5, 5.41) is 10.1. The van der Waals surface area contributed by atoms with Crippen molar-refractivity contribution in [1.82, 2.24) is 15.5 Å². The molecule has 0 aliphatic rings. The average molecular weight is 325 g/mol. The van der Waals surface area contributed by atoms with Crippen LogP contribution in [-0.4, -0.2) is 28.7 Å². The zero-order valence-electron chi connectivity index (χ0n) is 12.5. The molecule has 120 valence electrons. The summed E-state index contributed by atoms with van der Waals surface area (Å²) >= 11 is 0. The maximum absolute atomic E-state index is 12.4. The van der Waals surface area contributed by atoms with Gasteiger partial charge in [0.25, 0.3) is 11.5 Å². The Labute approximate surface area is 134 Å². The highest BCUT2D eigenvalue weighted by Gasteiger charge is 2.17. The smallest absolute Gasteiger partial charge is 0.272 e. The van der Waals surface area contributed by atoms with E-state index >= 15 is 0 Å². The van der Waals surface area contributed by atoms with Crippen molar-refractivity contribution in [1.29, 1.82) is 0 Å².